The molecule has 0 spiro atoms. The molecule has 0 aliphatic heterocycles. The maximum atomic E-state index is 6.01. The van der Waals surface area contributed by atoms with E-state index in [0.717, 1.165) is 12.4 Å². The van der Waals surface area contributed by atoms with Gasteiger partial charge >= 0.3 is 0 Å². The summed E-state index contributed by atoms with van der Waals surface area (Å²) in [6.45, 7) is 2.82. The van der Waals surface area contributed by atoms with Gasteiger partial charge in [-0.3, -0.25) is 0 Å². The van der Waals surface area contributed by atoms with Crippen molar-refractivity contribution in [3.63, 3.8) is 0 Å². The summed E-state index contributed by atoms with van der Waals surface area (Å²) in [6, 6.07) is 0.534. The lowest BCUT2D eigenvalue weighted by atomic mass is 9.93. The number of hydrogen-bond acceptors (Lipinski definition) is 4. The number of nitrogens with zero attached hydrogens (tertiary/aromatic N) is 2. The minimum Gasteiger partial charge on any atom is -0.366 e. The van der Waals surface area contributed by atoms with Crippen LogP contribution < -0.4 is 10.6 Å². The predicted octanol–water partition coefficient (Wildman–Crippen LogP) is 2.53. The van der Waals surface area contributed by atoms with Crippen LogP contribution in [-0.4, -0.2) is 22.6 Å². The van der Waals surface area contributed by atoms with Gasteiger partial charge in [-0.05, 0) is 26.2 Å². The Bertz CT molecular complexity index is 338. The van der Waals surface area contributed by atoms with Crippen molar-refractivity contribution in [3.8, 4) is 0 Å². The highest BCUT2D eigenvalue weighted by molar-refractivity contribution is 6.32. The maximum Gasteiger partial charge on any atom is 0.224 e. The molecule has 15 heavy (non-hydrogen) atoms. The topological polar surface area (TPSA) is 49.8 Å². The SMILES string of the molecule is CCNc1ncc(Cl)c(NC2CCC2)n1. The van der Waals surface area contributed by atoms with Gasteiger partial charge in [0, 0.05) is 12.6 Å². The standard InChI is InChI=1S/C10H15ClN4/c1-2-12-10-13-6-8(11)9(15-10)14-7-4-3-5-7/h6-7H,2-5H2,1H3,(H2,12,13,14,15). The van der Waals surface area contributed by atoms with Crippen molar-refractivity contribution in [1.29, 1.82) is 0 Å². The molecule has 1 aliphatic rings. The van der Waals surface area contributed by atoms with Crippen LogP contribution in [0.4, 0.5) is 11.8 Å². The summed E-state index contributed by atoms with van der Waals surface area (Å²) in [5.41, 5.74) is 0. The zero-order valence-electron chi connectivity index (χ0n) is 8.76. The summed E-state index contributed by atoms with van der Waals surface area (Å²) in [7, 11) is 0. The number of rotatable bonds is 4. The molecule has 0 saturated heterocycles. The molecular weight excluding hydrogens is 212 g/mol. The van der Waals surface area contributed by atoms with Crippen LogP contribution in [0.2, 0.25) is 5.02 Å². The first-order valence-electron chi connectivity index (χ1n) is 5.32. The molecule has 5 heteroatoms. The Morgan fingerprint density at radius 3 is 2.93 bits per heavy atom. The van der Waals surface area contributed by atoms with Crippen LogP contribution in [0.5, 0.6) is 0 Å². The molecule has 1 saturated carbocycles. The lowest BCUT2D eigenvalue weighted by molar-refractivity contribution is 0.444. The second-order valence-corrected chi connectivity index (χ2v) is 4.10. The normalized spacial score (nSPS) is 15.9. The fourth-order valence-electron chi connectivity index (χ4n) is 1.46. The van der Waals surface area contributed by atoms with Crippen LogP contribution >= 0.6 is 11.6 Å². The quantitative estimate of drug-likeness (QED) is 0.829. The van der Waals surface area contributed by atoms with Crippen molar-refractivity contribution in [2.24, 2.45) is 0 Å². The van der Waals surface area contributed by atoms with Crippen LogP contribution in [0.1, 0.15) is 26.2 Å². The van der Waals surface area contributed by atoms with E-state index in [1.807, 2.05) is 6.92 Å². The lowest BCUT2D eigenvalue weighted by Gasteiger charge is -2.27. The van der Waals surface area contributed by atoms with E-state index in [1.54, 1.807) is 6.20 Å². The molecule has 2 rings (SSSR count). The third-order valence-electron chi connectivity index (χ3n) is 2.53. The van der Waals surface area contributed by atoms with Gasteiger partial charge in [0.05, 0.1) is 6.20 Å². The molecule has 1 aromatic rings. The lowest BCUT2D eigenvalue weighted by Crippen LogP contribution is -2.27. The van der Waals surface area contributed by atoms with Gasteiger partial charge in [0.25, 0.3) is 0 Å². The fraction of sp³-hybridized carbons (Fsp3) is 0.600. The first kappa shape index (κ1) is 10.5. The molecule has 0 aromatic carbocycles. The molecule has 2 N–H and O–H groups in total. The third-order valence-corrected chi connectivity index (χ3v) is 2.80. The van der Waals surface area contributed by atoms with E-state index < -0.39 is 0 Å². The Morgan fingerprint density at radius 2 is 2.33 bits per heavy atom. The minimum absolute atomic E-state index is 0.534. The fourth-order valence-corrected chi connectivity index (χ4v) is 1.60. The molecule has 4 nitrogen and oxygen atoms in total. The summed E-state index contributed by atoms with van der Waals surface area (Å²) < 4.78 is 0. The largest absolute Gasteiger partial charge is 0.366 e. The number of aromatic nitrogens is 2. The molecule has 1 fully saturated rings. The van der Waals surface area contributed by atoms with Crippen molar-refractivity contribution in [2.75, 3.05) is 17.2 Å². The average Bonchev–Trinajstić information content (AvgIpc) is 2.16. The van der Waals surface area contributed by atoms with E-state index in [-0.39, 0.29) is 0 Å². The van der Waals surface area contributed by atoms with Gasteiger partial charge in [0.1, 0.15) is 5.02 Å². The second-order valence-electron chi connectivity index (χ2n) is 3.69. The second kappa shape index (κ2) is 4.66. The van der Waals surface area contributed by atoms with E-state index in [2.05, 4.69) is 20.6 Å². The summed E-state index contributed by atoms with van der Waals surface area (Å²) in [4.78, 5) is 8.40. The predicted molar refractivity (Wildman–Crippen MR) is 62.5 cm³/mol. The smallest absolute Gasteiger partial charge is 0.224 e. The van der Waals surface area contributed by atoms with Gasteiger partial charge in [0.2, 0.25) is 5.95 Å². The van der Waals surface area contributed by atoms with Crippen LogP contribution in [0.15, 0.2) is 6.20 Å². The van der Waals surface area contributed by atoms with E-state index in [9.17, 15) is 0 Å². The summed E-state index contributed by atoms with van der Waals surface area (Å²) in [5, 5.41) is 6.97. The van der Waals surface area contributed by atoms with Crippen LogP contribution in [0.25, 0.3) is 0 Å². The molecule has 0 radical (unpaired) electrons. The summed E-state index contributed by atoms with van der Waals surface area (Å²) >= 11 is 6.01. The zero-order valence-corrected chi connectivity index (χ0v) is 9.51. The van der Waals surface area contributed by atoms with Gasteiger partial charge in [-0.1, -0.05) is 11.6 Å². The number of nitrogens with one attached hydrogen (secondary N) is 2. The first-order chi connectivity index (χ1) is 7.29. The van der Waals surface area contributed by atoms with Crippen LogP contribution in [0.3, 0.4) is 0 Å². The van der Waals surface area contributed by atoms with Gasteiger partial charge < -0.3 is 10.6 Å². The molecular formula is C10H15ClN4. The highest BCUT2D eigenvalue weighted by Crippen LogP contribution is 2.26. The van der Waals surface area contributed by atoms with Crippen molar-refractivity contribution >= 4 is 23.4 Å². The molecule has 1 aliphatic carbocycles. The molecule has 1 aromatic heterocycles. The molecule has 82 valence electrons. The number of anilines is 2. The van der Waals surface area contributed by atoms with E-state index in [0.29, 0.717) is 17.0 Å². The summed E-state index contributed by atoms with van der Waals surface area (Å²) in [6.07, 6.45) is 5.34. The van der Waals surface area contributed by atoms with Crippen molar-refractivity contribution in [3.05, 3.63) is 11.2 Å². The van der Waals surface area contributed by atoms with Crippen LogP contribution in [-0.2, 0) is 0 Å². The molecule has 0 unspecified atom stereocenters. The maximum absolute atomic E-state index is 6.01. The zero-order chi connectivity index (χ0) is 10.7. The van der Waals surface area contributed by atoms with E-state index in [1.165, 1.54) is 19.3 Å². The number of hydrogen-bond donors (Lipinski definition) is 2. The minimum atomic E-state index is 0.534. The Hall–Kier alpha value is -1.03. The van der Waals surface area contributed by atoms with Crippen LogP contribution in [0, 0.1) is 0 Å². The highest BCUT2D eigenvalue weighted by Gasteiger charge is 2.18. The van der Waals surface area contributed by atoms with E-state index >= 15 is 0 Å². The van der Waals surface area contributed by atoms with Crippen molar-refractivity contribution in [2.45, 2.75) is 32.2 Å². The van der Waals surface area contributed by atoms with Gasteiger partial charge in [-0.25, -0.2) is 4.98 Å². The molecule has 0 bridgehead atoms. The Morgan fingerprint density at radius 1 is 1.53 bits per heavy atom. The van der Waals surface area contributed by atoms with Gasteiger partial charge in [-0.15, -0.1) is 0 Å². The molecule has 1 heterocycles. The monoisotopic (exact) mass is 226 g/mol. The van der Waals surface area contributed by atoms with Gasteiger partial charge in [0.15, 0.2) is 5.82 Å². The average molecular weight is 227 g/mol. The Kier molecular flexibility index (Phi) is 3.26. The van der Waals surface area contributed by atoms with Gasteiger partial charge in [-0.2, -0.15) is 4.98 Å². The Labute approximate surface area is 94.5 Å². The van der Waals surface area contributed by atoms with E-state index in [4.69, 9.17) is 11.6 Å². The molecule has 0 amide bonds. The first-order valence-corrected chi connectivity index (χ1v) is 5.70. The molecule has 0 atom stereocenters. The van der Waals surface area contributed by atoms with Crippen molar-refractivity contribution in [1.82, 2.24) is 9.97 Å². The number of halogens is 1. The van der Waals surface area contributed by atoms with Crippen molar-refractivity contribution < 1.29 is 0 Å². The Balaban J connectivity index is 2.08. The highest BCUT2D eigenvalue weighted by atomic mass is 35.5. The third kappa shape index (κ3) is 2.50. The summed E-state index contributed by atoms with van der Waals surface area (Å²) in [5.74, 6) is 1.37.